The molecular weight excluding hydrogens is 168 g/mol. The summed E-state index contributed by atoms with van der Waals surface area (Å²) in [5.41, 5.74) is 0. The average Bonchev–Trinajstić information content (AvgIpc) is 1.94. The first kappa shape index (κ1) is 11.7. The summed E-state index contributed by atoms with van der Waals surface area (Å²) in [7, 11) is 1.51. The second-order valence-corrected chi connectivity index (χ2v) is 2.56. The Bertz CT molecular complexity index is 106. The third-order valence-electron chi connectivity index (χ3n) is 1.06. The van der Waals surface area contributed by atoms with Crippen molar-refractivity contribution in [1.82, 2.24) is 5.32 Å². The minimum Gasteiger partial charge on any atom is -0.359 e. The van der Waals surface area contributed by atoms with Gasteiger partial charge in [0.15, 0.2) is 0 Å². The van der Waals surface area contributed by atoms with Crippen molar-refractivity contribution in [3.05, 3.63) is 0 Å². The molecule has 5 heteroatoms. The number of halogens is 2. The number of methoxy groups -OCH3 is 1. The van der Waals surface area contributed by atoms with Gasteiger partial charge in [0.25, 0.3) is 5.92 Å². The molecular formula is C7H15F2NO2. The normalized spacial score (nSPS) is 12.0. The molecule has 0 saturated heterocycles. The highest BCUT2D eigenvalue weighted by Gasteiger charge is 2.19. The molecule has 0 amide bonds. The third-order valence-corrected chi connectivity index (χ3v) is 1.06. The van der Waals surface area contributed by atoms with E-state index in [1.807, 2.05) is 0 Å². The molecule has 1 N–H and O–H groups in total. The van der Waals surface area contributed by atoms with Gasteiger partial charge in [-0.15, -0.1) is 0 Å². The second-order valence-electron chi connectivity index (χ2n) is 2.56. The largest absolute Gasteiger partial charge is 0.359 e. The maximum atomic E-state index is 12.2. The molecule has 0 radical (unpaired) electrons. The molecule has 0 saturated carbocycles. The lowest BCUT2D eigenvalue weighted by atomic mass is 10.4. The summed E-state index contributed by atoms with van der Waals surface area (Å²) in [6, 6.07) is 0. The Morgan fingerprint density at radius 2 is 2.08 bits per heavy atom. The highest BCUT2D eigenvalue weighted by atomic mass is 19.3. The molecule has 0 aromatic carbocycles. The van der Waals surface area contributed by atoms with E-state index in [1.54, 1.807) is 0 Å². The molecule has 0 aliphatic rings. The van der Waals surface area contributed by atoms with Crippen molar-refractivity contribution in [2.24, 2.45) is 0 Å². The van der Waals surface area contributed by atoms with Gasteiger partial charge in [0.2, 0.25) is 0 Å². The van der Waals surface area contributed by atoms with E-state index in [1.165, 1.54) is 7.11 Å². The Morgan fingerprint density at radius 1 is 1.42 bits per heavy atom. The lowest BCUT2D eigenvalue weighted by molar-refractivity contribution is -0.0315. The van der Waals surface area contributed by atoms with Crippen LogP contribution >= 0.6 is 0 Å². The quantitative estimate of drug-likeness (QED) is 0.469. The minimum absolute atomic E-state index is 0.199. The summed E-state index contributed by atoms with van der Waals surface area (Å²) in [5.74, 6) is -2.65. The fourth-order valence-corrected chi connectivity index (χ4v) is 0.594. The first-order chi connectivity index (χ1) is 5.56. The number of alkyl halides is 2. The zero-order chi connectivity index (χ0) is 9.45. The lowest BCUT2D eigenvalue weighted by Gasteiger charge is -2.10. The van der Waals surface area contributed by atoms with Crippen molar-refractivity contribution in [3.63, 3.8) is 0 Å². The predicted molar refractivity (Wildman–Crippen MR) is 41.3 cm³/mol. The first-order valence-corrected chi connectivity index (χ1v) is 3.71. The van der Waals surface area contributed by atoms with Crippen LogP contribution in [-0.2, 0) is 9.47 Å². The average molecular weight is 183 g/mol. The van der Waals surface area contributed by atoms with Crippen LogP contribution in [0.1, 0.15) is 6.92 Å². The van der Waals surface area contributed by atoms with Crippen LogP contribution < -0.4 is 5.32 Å². The number of ether oxygens (including phenoxy) is 2. The molecule has 0 aliphatic heterocycles. The molecule has 0 atom stereocenters. The van der Waals surface area contributed by atoms with E-state index in [-0.39, 0.29) is 13.3 Å². The molecule has 74 valence electrons. The Balaban J connectivity index is 3.01. The second kappa shape index (κ2) is 6.28. The maximum absolute atomic E-state index is 12.2. The summed E-state index contributed by atoms with van der Waals surface area (Å²) in [4.78, 5) is 0. The maximum Gasteiger partial charge on any atom is 0.257 e. The molecule has 0 spiro atoms. The van der Waals surface area contributed by atoms with Crippen LogP contribution in [0.25, 0.3) is 0 Å². The van der Waals surface area contributed by atoms with Gasteiger partial charge in [-0.1, -0.05) is 0 Å². The van der Waals surface area contributed by atoms with Gasteiger partial charge in [0.1, 0.15) is 6.79 Å². The van der Waals surface area contributed by atoms with E-state index >= 15 is 0 Å². The van der Waals surface area contributed by atoms with Gasteiger partial charge in [0, 0.05) is 20.6 Å². The molecule has 12 heavy (non-hydrogen) atoms. The summed E-state index contributed by atoms with van der Waals surface area (Å²) in [5, 5.41) is 2.55. The number of hydrogen-bond donors (Lipinski definition) is 1. The molecule has 0 bridgehead atoms. The van der Waals surface area contributed by atoms with Gasteiger partial charge < -0.3 is 14.8 Å². The highest BCUT2D eigenvalue weighted by Crippen LogP contribution is 2.08. The molecule has 0 rings (SSSR count). The van der Waals surface area contributed by atoms with Gasteiger partial charge in [-0.2, -0.15) is 0 Å². The van der Waals surface area contributed by atoms with Crippen LogP contribution in [0, 0.1) is 0 Å². The lowest BCUT2D eigenvalue weighted by Crippen LogP contribution is -2.32. The summed E-state index contributed by atoms with van der Waals surface area (Å²) < 4.78 is 33.8. The summed E-state index contributed by atoms with van der Waals surface area (Å²) in [6.45, 7) is 1.54. The van der Waals surface area contributed by atoms with Gasteiger partial charge in [-0.25, -0.2) is 8.78 Å². The van der Waals surface area contributed by atoms with Crippen LogP contribution in [-0.4, -0.2) is 39.5 Å². The minimum atomic E-state index is -2.65. The monoisotopic (exact) mass is 183 g/mol. The van der Waals surface area contributed by atoms with Crippen molar-refractivity contribution in [1.29, 1.82) is 0 Å². The molecule has 0 aliphatic carbocycles. The standard InChI is InChI=1S/C7H15F2NO2/c1-7(8,9)5-10-3-4-12-6-11-2/h10H,3-6H2,1-2H3. The van der Waals surface area contributed by atoms with E-state index in [2.05, 4.69) is 10.1 Å². The van der Waals surface area contributed by atoms with Crippen LogP contribution in [0.4, 0.5) is 8.78 Å². The van der Waals surface area contributed by atoms with E-state index in [0.29, 0.717) is 13.2 Å². The van der Waals surface area contributed by atoms with Gasteiger partial charge in [0.05, 0.1) is 13.2 Å². The van der Waals surface area contributed by atoms with Crippen molar-refractivity contribution >= 4 is 0 Å². The molecule has 0 heterocycles. The summed E-state index contributed by atoms with van der Waals surface area (Å²) >= 11 is 0. The Morgan fingerprint density at radius 3 is 2.58 bits per heavy atom. The molecule has 0 fully saturated rings. The van der Waals surface area contributed by atoms with Crippen LogP contribution in [0.5, 0.6) is 0 Å². The molecule has 0 aromatic heterocycles. The Kier molecular flexibility index (Phi) is 6.14. The van der Waals surface area contributed by atoms with E-state index < -0.39 is 5.92 Å². The number of rotatable bonds is 7. The summed E-state index contributed by atoms with van der Waals surface area (Å²) in [6.07, 6.45) is 0. The van der Waals surface area contributed by atoms with Crippen molar-refractivity contribution < 1.29 is 18.3 Å². The molecule has 0 unspecified atom stereocenters. The Labute approximate surface area is 71.0 Å². The van der Waals surface area contributed by atoms with Crippen LogP contribution in [0.2, 0.25) is 0 Å². The van der Waals surface area contributed by atoms with Crippen molar-refractivity contribution in [3.8, 4) is 0 Å². The molecule has 3 nitrogen and oxygen atoms in total. The fourth-order valence-electron chi connectivity index (χ4n) is 0.594. The van der Waals surface area contributed by atoms with Crippen molar-refractivity contribution in [2.75, 3.05) is 33.6 Å². The number of hydrogen-bond acceptors (Lipinski definition) is 3. The zero-order valence-electron chi connectivity index (χ0n) is 7.40. The van der Waals surface area contributed by atoms with Crippen LogP contribution in [0.3, 0.4) is 0 Å². The van der Waals surface area contributed by atoms with Gasteiger partial charge in [-0.05, 0) is 0 Å². The first-order valence-electron chi connectivity index (χ1n) is 3.71. The van der Waals surface area contributed by atoms with E-state index in [0.717, 1.165) is 6.92 Å². The smallest absolute Gasteiger partial charge is 0.257 e. The van der Waals surface area contributed by atoms with Crippen LogP contribution in [0.15, 0.2) is 0 Å². The zero-order valence-corrected chi connectivity index (χ0v) is 7.40. The number of nitrogens with one attached hydrogen (secondary N) is 1. The van der Waals surface area contributed by atoms with E-state index in [4.69, 9.17) is 4.74 Å². The van der Waals surface area contributed by atoms with E-state index in [9.17, 15) is 8.78 Å². The fraction of sp³-hybridized carbons (Fsp3) is 1.00. The highest BCUT2D eigenvalue weighted by molar-refractivity contribution is 4.61. The molecule has 0 aromatic rings. The van der Waals surface area contributed by atoms with Crippen molar-refractivity contribution in [2.45, 2.75) is 12.8 Å². The van der Waals surface area contributed by atoms with Gasteiger partial charge >= 0.3 is 0 Å². The third kappa shape index (κ3) is 9.74. The SMILES string of the molecule is COCOCCNCC(C)(F)F. The van der Waals surface area contributed by atoms with Gasteiger partial charge in [-0.3, -0.25) is 0 Å². The predicted octanol–water partition coefficient (Wildman–Crippen LogP) is 0.852. The topological polar surface area (TPSA) is 30.5 Å². The Hall–Kier alpha value is -0.260.